The lowest BCUT2D eigenvalue weighted by Gasteiger charge is -2.23. The van der Waals surface area contributed by atoms with E-state index in [-0.39, 0.29) is 5.91 Å². The molecule has 5 nitrogen and oxygen atoms in total. The Bertz CT molecular complexity index is 989. The van der Waals surface area contributed by atoms with Crippen molar-refractivity contribution in [3.8, 4) is 11.5 Å². The number of carbonyl (C=O) groups is 1. The van der Waals surface area contributed by atoms with Crippen LogP contribution >= 0.6 is 11.6 Å². The van der Waals surface area contributed by atoms with Gasteiger partial charge in [0.1, 0.15) is 19.3 Å². The molecule has 3 aromatic carbocycles. The van der Waals surface area contributed by atoms with Crippen molar-refractivity contribution in [2.75, 3.05) is 18.5 Å². The summed E-state index contributed by atoms with van der Waals surface area (Å²) in [6, 6.07) is 19.2. The Morgan fingerprint density at radius 3 is 2.29 bits per heavy atom. The molecule has 142 valence electrons. The third kappa shape index (κ3) is 3.81. The highest BCUT2D eigenvalue weighted by Crippen LogP contribution is 2.39. The number of ether oxygens (including phenoxy) is 2. The second-order valence-corrected chi connectivity index (χ2v) is 6.79. The van der Waals surface area contributed by atoms with Crippen molar-refractivity contribution in [2.45, 2.75) is 6.10 Å². The number of amides is 1. The Morgan fingerprint density at radius 1 is 0.964 bits per heavy atom. The number of benzene rings is 3. The number of carbonyl (C=O) groups excluding carboxylic acids is 1. The van der Waals surface area contributed by atoms with E-state index in [0.717, 1.165) is 0 Å². The van der Waals surface area contributed by atoms with Crippen LogP contribution in [0.1, 0.15) is 27.6 Å². The van der Waals surface area contributed by atoms with Crippen molar-refractivity contribution in [3.63, 3.8) is 0 Å². The number of fused-ring (bicyclic) bond motifs is 1. The van der Waals surface area contributed by atoms with E-state index in [1.54, 1.807) is 36.4 Å². The van der Waals surface area contributed by atoms with Gasteiger partial charge < -0.3 is 19.9 Å². The molecular formula is C22H18ClNO4. The molecule has 4 rings (SSSR count). The number of halogens is 1. The minimum atomic E-state index is -0.933. The average Bonchev–Trinajstić information content (AvgIpc) is 2.74. The molecule has 0 bridgehead atoms. The molecule has 0 fully saturated rings. The Balaban J connectivity index is 1.72. The summed E-state index contributed by atoms with van der Waals surface area (Å²) >= 11 is 5.90. The summed E-state index contributed by atoms with van der Waals surface area (Å²) in [4.78, 5) is 12.7. The summed E-state index contributed by atoms with van der Waals surface area (Å²) in [5.74, 6) is 0.761. The molecule has 1 atom stereocenters. The number of nitrogens with one attached hydrogen (secondary N) is 1. The largest absolute Gasteiger partial charge is 0.486 e. The molecule has 1 unspecified atom stereocenters. The highest BCUT2D eigenvalue weighted by Gasteiger charge is 2.22. The summed E-state index contributed by atoms with van der Waals surface area (Å²) in [6.07, 6.45) is -0.933. The average molecular weight is 396 g/mol. The molecule has 0 saturated heterocycles. The normalized spacial score (nSPS) is 13.6. The van der Waals surface area contributed by atoms with Gasteiger partial charge in [0.15, 0.2) is 11.5 Å². The van der Waals surface area contributed by atoms with Crippen LogP contribution in [0.15, 0.2) is 66.7 Å². The molecule has 2 N–H and O–H groups in total. The SMILES string of the molecule is O=C(Nc1cc2c(cc1C(O)c1ccccc1)OCCO2)c1ccc(Cl)cc1. The summed E-state index contributed by atoms with van der Waals surface area (Å²) in [5, 5.41) is 14.4. The van der Waals surface area contributed by atoms with E-state index in [1.165, 1.54) is 0 Å². The van der Waals surface area contributed by atoms with Gasteiger partial charge in [-0.1, -0.05) is 41.9 Å². The van der Waals surface area contributed by atoms with Crippen molar-refractivity contribution in [1.82, 2.24) is 0 Å². The van der Waals surface area contributed by atoms with Crippen LogP contribution in [0.4, 0.5) is 5.69 Å². The van der Waals surface area contributed by atoms with Crippen LogP contribution in [0.2, 0.25) is 5.02 Å². The summed E-state index contributed by atoms with van der Waals surface area (Å²) in [5.41, 5.74) is 2.15. The Kier molecular flexibility index (Phi) is 5.19. The second kappa shape index (κ2) is 7.92. The Labute approximate surface area is 167 Å². The van der Waals surface area contributed by atoms with Crippen LogP contribution in [0.3, 0.4) is 0 Å². The highest BCUT2D eigenvalue weighted by molar-refractivity contribution is 6.30. The van der Waals surface area contributed by atoms with Gasteiger partial charge in [0.05, 0.1) is 5.69 Å². The second-order valence-electron chi connectivity index (χ2n) is 6.36. The molecule has 1 aliphatic rings. The van der Waals surface area contributed by atoms with Gasteiger partial charge in [-0.3, -0.25) is 4.79 Å². The molecule has 1 heterocycles. The maximum Gasteiger partial charge on any atom is 0.255 e. The van der Waals surface area contributed by atoms with Gasteiger partial charge in [-0.25, -0.2) is 0 Å². The standard InChI is InChI=1S/C22H18ClNO4/c23-16-8-6-15(7-9-16)22(26)24-18-13-20-19(27-10-11-28-20)12-17(18)21(25)14-4-2-1-3-5-14/h1-9,12-13,21,25H,10-11H2,(H,24,26). The van der Waals surface area contributed by atoms with Crippen LogP contribution in [0.5, 0.6) is 11.5 Å². The highest BCUT2D eigenvalue weighted by atomic mass is 35.5. The van der Waals surface area contributed by atoms with E-state index in [9.17, 15) is 9.90 Å². The predicted octanol–water partition coefficient (Wildman–Crippen LogP) is 4.45. The minimum absolute atomic E-state index is 0.310. The summed E-state index contributed by atoms with van der Waals surface area (Å²) in [6.45, 7) is 0.864. The van der Waals surface area contributed by atoms with E-state index < -0.39 is 6.10 Å². The van der Waals surface area contributed by atoms with E-state index >= 15 is 0 Å². The first-order chi connectivity index (χ1) is 13.6. The fraction of sp³-hybridized carbons (Fsp3) is 0.136. The van der Waals surface area contributed by atoms with Gasteiger partial charge in [-0.2, -0.15) is 0 Å². The maximum atomic E-state index is 12.7. The van der Waals surface area contributed by atoms with E-state index in [0.29, 0.717) is 52.1 Å². The number of hydrogen-bond acceptors (Lipinski definition) is 4. The van der Waals surface area contributed by atoms with Crippen molar-refractivity contribution >= 4 is 23.2 Å². The molecule has 0 aromatic heterocycles. The maximum absolute atomic E-state index is 12.7. The van der Waals surface area contributed by atoms with Crippen LogP contribution in [0, 0.1) is 0 Å². The molecule has 28 heavy (non-hydrogen) atoms. The number of aliphatic hydroxyl groups is 1. The summed E-state index contributed by atoms with van der Waals surface area (Å²) in [7, 11) is 0. The molecule has 0 spiro atoms. The molecule has 1 aliphatic heterocycles. The van der Waals surface area contributed by atoms with Gasteiger partial charge >= 0.3 is 0 Å². The first-order valence-corrected chi connectivity index (χ1v) is 9.23. The lowest BCUT2D eigenvalue weighted by molar-refractivity contribution is 0.102. The Hall–Kier alpha value is -3.02. The first-order valence-electron chi connectivity index (χ1n) is 8.85. The summed E-state index contributed by atoms with van der Waals surface area (Å²) < 4.78 is 11.3. The van der Waals surface area contributed by atoms with Gasteiger partial charge in [-0.15, -0.1) is 0 Å². The number of aliphatic hydroxyl groups excluding tert-OH is 1. The van der Waals surface area contributed by atoms with Gasteiger partial charge in [0, 0.05) is 22.2 Å². The van der Waals surface area contributed by atoms with Crippen LogP contribution in [-0.4, -0.2) is 24.2 Å². The predicted molar refractivity (Wildman–Crippen MR) is 107 cm³/mol. The fourth-order valence-electron chi connectivity index (χ4n) is 3.05. The quantitative estimate of drug-likeness (QED) is 0.685. The molecule has 6 heteroatoms. The lowest BCUT2D eigenvalue weighted by atomic mass is 9.98. The third-order valence-corrected chi connectivity index (χ3v) is 4.73. The molecule has 0 saturated carbocycles. The van der Waals surface area contributed by atoms with E-state index in [2.05, 4.69) is 5.32 Å². The number of hydrogen-bond donors (Lipinski definition) is 2. The van der Waals surface area contributed by atoms with E-state index in [4.69, 9.17) is 21.1 Å². The molecule has 1 amide bonds. The van der Waals surface area contributed by atoms with Crippen molar-refractivity contribution < 1.29 is 19.4 Å². The minimum Gasteiger partial charge on any atom is -0.486 e. The topological polar surface area (TPSA) is 67.8 Å². The molecular weight excluding hydrogens is 378 g/mol. The van der Waals surface area contributed by atoms with Crippen molar-refractivity contribution in [2.24, 2.45) is 0 Å². The number of rotatable bonds is 4. The van der Waals surface area contributed by atoms with Crippen LogP contribution < -0.4 is 14.8 Å². The van der Waals surface area contributed by atoms with Gasteiger partial charge in [-0.05, 0) is 35.9 Å². The molecule has 3 aromatic rings. The third-order valence-electron chi connectivity index (χ3n) is 4.48. The van der Waals surface area contributed by atoms with Gasteiger partial charge in [0.2, 0.25) is 0 Å². The van der Waals surface area contributed by atoms with Crippen LogP contribution in [-0.2, 0) is 0 Å². The first kappa shape index (κ1) is 18.3. The zero-order valence-corrected chi connectivity index (χ0v) is 15.6. The van der Waals surface area contributed by atoms with Crippen LogP contribution in [0.25, 0.3) is 0 Å². The fourth-order valence-corrected chi connectivity index (χ4v) is 3.18. The molecule has 0 radical (unpaired) electrons. The van der Waals surface area contributed by atoms with E-state index in [1.807, 2.05) is 30.3 Å². The van der Waals surface area contributed by atoms with Crippen molar-refractivity contribution in [3.05, 3.63) is 88.4 Å². The zero-order valence-electron chi connectivity index (χ0n) is 14.9. The monoisotopic (exact) mass is 395 g/mol. The van der Waals surface area contributed by atoms with Gasteiger partial charge in [0.25, 0.3) is 5.91 Å². The smallest absolute Gasteiger partial charge is 0.255 e. The Morgan fingerprint density at radius 2 is 1.61 bits per heavy atom. The molecule has 0 aliphatic carbocycles. The lowest BCUT2D eigenvalue weighted by Crippen LogP contribution is -2.18. The number of anilines is 1. The van der Waals surface area contributed by atoms with Crippen molar-refractivity contribution in [1.29, 1.82) is 0 Å². The zero-order chi connectivity index (χ0) is 19.5.